The van der Waals surface area contributed by atoms with Crippen molar-refractivity contribution in [2.24, 2.45) is 0 Å². The number of aromatic nitrogens is 3. The quantitative estimate of drug-likeness (QED) is 0.562. The fraction of sp³-hybridized carbons (Fsp3) is 0.211. The highest BCUT2D eigenvalue weighted by molar-refractivity contribution is 6.31. The van der Waals surface area contributed by atoms with Gasteiger partial charge in [-0.25, -0.2) is 0 Å². The molecule has 2 N–H and O–H groups in total. The summed E-state index contributed by atoms with van der Waals surface area (Å²) in [7, 11) is 6.22. The van der Waals surface area contributed by atoms with Gasteiger partial charge in [-0.2, -0.15) is 4.98 Å². The van der Waals surface area contributed by atoms with Crippen LogP contribution in [-0.2, 0) is 0 Å². The van der Waals surface area contributed by atoms with Crippen LogP contribution in [0.25, 0.3) is 0 Å². The molecule has 0 aliphatic rings. The third kappa shape index (κ3) is 4.69. The molecule has 1 heterocycles. The Morgan fingerprint density at radius 2 is 1.41 bits per heavy atom. The van der Waals surface area contributed by atoms with Gasteiger partial charge in [0.25, 0.3) is 0 Å². The van der Waals surface area contributed by atoms with E-state index >= 15 is 0 Å². The van der Waals surface area contributed by atoms with Crippen molar-refractivity contribution in [2.45, 2.75) is 0 Å². The zero-order valence-corrected chi connectivity index (χ0v) is 17.1. The van der Waals surface area contributed by atoms with Crippen molar-refractivity contribution in [1.82, 2.24) is 15.2 Å². The highest BCUT2D eigenvalue weighted by Gasteiger charge is 2.15. The first-order valence-electron chi connectivity index (χ1n) is 8.46. The normalized spacial score (nSPS) is 10.2. The minimum absolute atomic E-state index is 0.110. The summed E-state index contributed by atoms with van der Waals surface area (Å²) < 4.78 is 21.2. The van der Waals surface area contributed by atoms with Crippen LogP contribution in [0.4, 0.5) is 23.1 Å². The van der Waals surface area contributed by atoms with E-state index in [9.17, 15) is 0 Å². The molecule has 1 aromatic heterocycles. The Morgan fingerprint density at radius 3 is 1.97 bits per heavy atom. The van der Waals surface area contributed by atoms with Gasteiger partial charge in [-0.3, -0.25) is 0 Å². The fourth-order valence-electron chi connectivity index (χ4n) is 2.54. The predicted octanol–water partition coefficient (Wildman–Crippen LogP) is 4.05. The van der Waals surface area contributed by atoms with Crippen molar-refractivity contribution in [1.29, 1.82) is 0 Å². The second-order valence-corrected chi connectivity index (χ2v) is 6.03. The lowest BCUT2D eigenvalue weighted by Crippen LogP contribution is -2.04. The minimum Gasteiger partial charge on any atom is -0.497 e. The molecule has 0 amide bonds. The molecule has 0 bridgehead atoms. The van der Waals surface area contributed by atoms with Crippen LogP contribution in [0.1, 0.15) is 0 Å². The summed E-state index contributed by atoms with van der Waals surface area (Å²) in [6, 6.07) is 10.8. The van der Waals surface area contributed by atoms with Gasteiger partial charge in [-0.05, 0) is 24.3 Å². The molecular formula is C19H20ClN5O4. The largest absolute Gasteiger partial charge is 0.497 e. The first kappa shape index (κ1) is 20.3. The second-order valence-electron chi connectivity index (χ2n) is 5.67. The Bertz CT molecular complexity index is 960. The summed E-state index contributed by atoms with van der Waals surface area (Å²) in [5.41, 5.74) is 1.39. The first-order valence-corrected chi connectivity index (χ1v) is 8.84. The SMILES string of the molecule is COc1ccc(Nc2nnc(Cl)c(Nc3cc(OC)c(OC)c(OC)c3)n2)cc1. The van der Waals surface area contributed by atoms with Gasteiger partial charge in [-0.1, -0.05) is 11.6 Å². The van der Waals surface area contributed by atoms with E-state index in [1.54, 1.807) is 19.2 Å². The Kier molecular flexibility index (Phi) is 6.40. The molecule has 29 heavy (non-hydrogen) atoms. The van der Waals surface area contributed by atoms with Crippen molar-refractivity contribution in [2.75, 3.05) is 39.1 Å². The smallest absolute Gasteiger partial charge is 0.249 e. The number of hydrogen-bond donors (Lipinski definition) is 2. The topological polar surface area (TPSA) is 99.7 Å². The van der Waals surface area contributed by atoms with Crippen LogP contribution in [0.3, 0.4) is 0 Å². The van der Waals surface area contributed by atoms with Gasteiger partial charge in [0.05, 0.1) is 28.4 Å². The van der Waals surface area contributed by atoms with Crippen LogP contribution in [0.15, 0.2) is 36.4 Å². The van der Waals surface area contributed by atoms with Gasteiger partial charge < -0.3 is 29.6 Å². The molecule has 0 unspecified atom stereocenters. The molecule has 2 aromatic carbocycles. The number of ether oxygens (including phenoxy) is 4. The summed E-state index contributed by atoms with van der Waals surface area (Å²) in [4.78, 5) is 4.39. The molecule has 10 heteroatoms. The maximum atomic E-state index is 6.16. The molecule has 0 fully saturated rings. The Labute approximate surface area is 172 Å². The van der Waals surface area contributed by atoms with E-state index in [-0.39, 0.29) is 11.1 Å². The summed E-state index contributed by atoms with van der Waals surface area (Å²) in [5.74, 6) is 2.79. The number of anilines is 4. The molecule has 0 radical (unpaired) electrons. The van der Waals surface area contributed by atoms with Gasteiger partial charge in [-0.15, -0.1) is 10.2 Å². The summed E-state index contributed by atoms with van der Waals surface area (Å²) in [5, 5.41) is 14.2. The zero-order chi connectivity index (χ0) is 20.8. The lowest BCUT2D eigenvalue weighted by Gasteiger charge is -2.15. The van der Waals surface area contributed by atoms with E-state index in [0.717, 1.165) is 11.4 Å². The molecule has 0 saturated carbocycles. The van der Waals surface area contributed by atoms with E-state index < -0.39 is 0 Å². The van der Waals surface area contributed by atoms with Crippen LogP contribution >= 0.6 is 11.6 Å². The van der Waals surface area contributed by atoms with Gasteiger partial charge in [0, 0.05) is 23.5 Å². The predicted molar refractivity (Wildman–Crippen MR) is 110 cm³/mol. The van der Waals surface area contributed by atoms with E-state index in [0.29, 0.717) is 28.8 Å². The van der Waals surface area contributed by atoms with Crippen LogP contribution < -0.4 is 29.6 Å². The van der Waals surface area contributed by atoms with E-state index in [2.05, 4.69) is 25.8 Å². The molecular weight excluding hydrogens is 398 g/mol. The molecule has 152 valence electrons. The van der Waals surface area contributed by atoms with Crippen LogP contribution in [0.5, 0.6) is 23.0 Å². The zero-order valence-electron chi connectivity index (χ0n) is 16.3. The number of nitrogens with one attached hydrogen (secondary N) is 2. The van der Waals surface area contributed by atoms with Gasteiger partial charge in [0.15, 0.2) is 22.5 Å². The molecule has 0 aliphatic carbocycles. The van der Waals surface area contributed by atoms with E-state index in [1.807, 2.05) is 24.3 Å². The highest BCUT2D eigenvalue weighted by atomic mass is 35.5. The van der Waals surface area contributed by atoms with Gasteiger partial charge in [0.1, 0.15) is 5.75 Å². The maximum absolute atomic E-state index is 6.16. The number of rotatable bonds is 8. The standard InChI is InChI=1S/C19H20ClN5O4/c1-26-13-7-5-11(6-8-13)22-19-23-18(17(20)24-25-19)21-12-9-14(27-2)16(29-4)15(10-12)28-3/h5-10H,1-4H3,(H2,21,22,23,25). The van der Waals surface area contributed by atoms with Crippen molar-refractivity contribution >= 4 is 34.7 Å². The average Bonchev–Trinajstić information content (AvgIpc) is 2.75. The van der Waals surface area contributed by atoms with Crippen molar-refractivity contribution < 1.29 is 18.9 Å². The van der Waals surface area contributed by atoms with Gasteiger partial charge >= 0.3 is 0 Å². The lowest BCUT2D eigenvalue weighted by atomic mass is 10.2. The maximum Gasteiger partial charge on any atom is 0.249 e. The summed E-state index contributed by atoms with van der Waals surface area (Å²) in [6.45, 7) is 0. The highest BCUT2D eigenvalue weighted by Crippen LogP contribution is 2.40. The summed E-state index contributed by atoms with van der Waals surface area (Å²) in [6.07, 6.45) is 0. The summed E-state index contributed by atoms with van der Waals surface area (Å²) >= 11 is 6.16. The monoisotopic (exact) mass is 417 g/mol. The number of benzene rings is 2. The number of halogens is 1. The van der Waals surface area contributed by atoms with Gasteiger partial charge in [0.2, 0.25) is 11.7 Å². The first-order chi connectivity index (χ1) is 14.1. The fourth-order valence-corrected chi connectivity index (χ4v) is 2.67. The van der Waals surface area contributed by atoms with E-state index in [4.69, 9.17) is 30.5 Å². The number of methoxy groups -OCH3 is 4. The third-order valence-electron chi connectivity index (χ3n) is 3.92. The number of hydrogen-bond acceptors (Lipinski definition) is 9. The number of nitrogens with zero attached hydrogens (tertiary/aromatic N) is 3. The Morgan fingerprint density at radius 1 is 0.759 bits per heavy atom. The Balaban J connectivity index is 1.86. The molecule has 3 rings (SSSR count). The molecule has 0 atom stereocenters. The third-order valence-corrected chi connectivity index (χ3v) is 4.17. The molecule has 9 nitrogen and oxygen atoms in total. The van der Waals surface area contributed by atoms with Crippen LogP contribution in [0.2, 0.25) is 5.15 Å². The van der Waals surface area contributed by atoms with Crippen molar-refractivity contribution in [3.05, 3.63) is 41.6 Å². The molecule has 0 saturated heterocycles. The minimum atomic E-state index is 0.110. The van der Waals surface area contributed by atoms with Crippen molar-refractivity contribution in [3.8, 4) is 23.0 Å². The second kappa shape index (κ2) is 9.16. The Hall–Kier alpha value is -3.46. The average molecular weight is 418 g/mol. The van der Waals surface area contributed by atoms with Crippen molar-refractivity contribution in [3.63, 3.8) is 0 Å². The molecule has 3 aromatic rings. The van der Waals surface area contributed by atoms with Crippen LogP contribution in [-0.4, -0.2) is 43.6 Å². The van der Waals surface area contributed by atoms with Crippen LogP contribution in [0, 0.1) is 0 Å². The molecule has 0 spiro atoms. The van der Waals surface area contributed by atoms with E-state index in [1.165, 1.54) is 21.3 Å². The molecule has 0 aliphatic heterocycles. The lowest BCUT2D eigenvalue weighted by molar-refractivity contribution is 0.324.